The van der Waals surface area contributed by atoms with Crippen molar-refractivity contribution in [2.45, 2.75) is 0 Å². The van der Waals surface area contributed by atoms with Gasteiger partial charge in [-0.25, -0.2) is 14.3 Å². The molecule has 44 heavy (non-hydrogen) atoms. The molecule has 5 heterocycles. The fourth-order valence-electron chi connectivity index (χ4n) is 5.98. The molecular weight excluding hydrogens is 563 g/mol. The van der Waals surface area contributed by atoms with Crippen molar-refractivity contribution in [2.75, 3.05) is 0 Å². The van der Waals surface area contributed by atoms with Crippen LogP contribution in [0.25, 0.3) is 70.9 Å². The Labute approximate surface area is 255 Å². The minimum absolute atomic E-state index is 0.937. The van der Waals surface area contributed by atoms with E-state index < -0.39 is 0 Å². The molecule has 0 fully saturated rings. The minimum atomic E-state index is 0.937. The average molecular weight is 586 g/mol. The molecule has 208 valence electrons. The highest BCUT2D eigenvalue weighted by molar-refractivity contribution is 7.21. The largest absolute Gasteiger partial charge is 0.309 e. The molecule has 0 atom stereocenters. The second-order valence-electron chi connectivity index (χ2n) is 10.6. The first-order valence-corrected chi connectivity index (χ1v) is 15.1. The summed E-state index contributed by atoms with van der Waals surface area (Å²) < 4.78 is 7.33. The quantitative estimate of drug-likeness (QED) is 0.203. The Hall–Kier alpha value is -5.86. The summed E-state index contributed by atoms with van der Waals surface area (Å²) in [5.41, 5.74) is 9.24. The van der Waals surface area contributed by atoms with Crippen molar-refractivity contribution in [1.82, 2.24) is 34.1 Å². The van der Waals surface area contributed by atoms with Gasteiger partial charge in [-0.2, -0.15) is 10.2 Å². The smallest absolute Gasteiger partial charge is 0.126 e. The molecule has 8 heteroatoms. The van der Waals surface area contributed by atoms with Gasteiger partial charge in [-0.3, -0.25) is 4.98 Å². The summed E-state index contributed by atoms with van der Waals surface area (Å²) in [7, 11) is 0. The number of hydrogen-bond donors (Lipinski definition) is 0. The van der Waals surface area contributed by atoms with E-state index in [0.29, 0.717) is 0 Å². The van der Waals surface area contributed by atoms with Gasteiger partial charge in [0.05, 0.1) is 38.3 Å². The lowest BCUT2D eigenvalue weighted by molar-refractivity contribution is 0.882. The molecule has 0 saturated carbocycles. The van der Waals surface area contributed by atoms with E-state index in [4.69, 9.17) is 4.98 Å². The van der Waals surface area contributed by atoms with Crippen LogP contribution in [0.2, 0.25) is 0 Å². The highest BCUT2D eigenvalue weighted by atomic mass is 32.1. The van der Waals surface area contributed by atoms with Crippen molar-refractivity contribution in [3.8, 4) is 38.9 Å². The van der Waals surface area contributed by atoms with Crippen LogP contribution >= 0.6 is 11.3 Å². The summed E-state index contributed by atoms with van der Waals surface area (Å²) in [6, 6.07) is 37.8. The van der Waals surface area contributed by atoms with E-state index in [1.54, 1.807) is 17.5 Å². The molecular formula is C36H23N7S. The van der Waals surface area contributed by atoms with E-state index in [9.17, 15) is 0 Å². The van der Waals surface area contributed by atoms with Crippen molar-refractivity contribution < 1.29 is 0 Å². The summed E-state index contributed by atoms with van der Waals surface area (Å²) in [6.45, 7) is 0. The van der Waals surface area contributed by atoms with Gasteiger partial charge in [0.15, 0.2) is 0 Å². The first-order chi connectivity index (χ1) is 21.8. The van der Waals surface area contributed by atoms with Crippen molar-refractivity contribution >= 4 is 43.4 Å². The van der Waals surface area contributed by atoms with Crippen molar-refractivity contribution in [3.05, 3.63) is 140 Å². The van der Waals surface area contributed by atoms with Gasteiger partial charge < -0.3 is 4.57 Å². The normalized spacial score (nSPS) is 11.6. The lowest BCUT2D eigenvalue weighted by Crippen LogP contribution is -1.99. The van der Waals surface area contributed by atoms with E-state index >= 15 is 0 Å². The fraction of sp³-hybridized carbons (Fsp3) is 0. The Morgan fingerprint density at radius 1 is 0.591 bits per heavy atom. The number of aromatic nitrogens is 7. The van der Waals surface area contributed by atoms with Crippen molar-refractivity contribution in [2.24, 2.45) is 0 Å². The summed E-state index contributed by atoms with van der Waals surface area (Å²) in [4.78, 5) is 9.68. The second-order valence-corrected chi connectivity index (χ2v) is 11.6. The molecule has 0 spiro atoms. The number of hydrogen-bond acceptors (Lipinski definition) is 5. The lowest BCUT2D eigenvalue weighted by Gasteiger charge is -2.12. The molecule has 0 amide bonds. The van der Waals surface area contributed by atoms with Crippen LogP contribution in [0.3, 0.4) is 0 Å². The van der Waals surface area contributed by atoms with Crippen LogP contribution < -0.4 is 0 Å². The van der Waals surface area contributed by atoms with E-state index in [0.717, 1.165) is 70.9 Å². The first-order valence-electron chi connectivity index (χ1n) is 14.3. The van der Waals surface area contributed by atoms with Crippen LogP contribution in [0.1, 0.15) is 0 Å². The predicted molar refractivity (Wildman–Crippen MR) is 177 cm³/mol. The SMILES string of the molecule is c1ccc(-c2cccc(-n3c4ccc(-n5cccn5)cc4c4cc(-n5cccn5)c(-c5nc6ccccc6s5)cc43)c2)nc1. The van der Waals surface area contributed by atoms with Gasteiger partial charge in [0.2, 0.25) is 0 Å². The molecule has 0 aliphatic carbocycles. The third-order valence-electron chi connectivity index (χ3n) is 7.98. The fourth-order valence-corrected chi connectivity index (χ4v) is 6.97. The number of rotatable bonds is 5. The van der Waals surface area contributed by atoms with Gasteiger partial charge >= 0.3 is 0 Å². The van der Waals surface area contributed by atoms with Crippen LogP contribution in [0.5, 0.6) is 0 Å². The van der Waals surface area contributed by atoms with Crippen LogP contribution in [0.4, 0.5) is 0 Å². The summed E-state index contributed by atoms with van der Waals surface area (Å²) in [6.07, 6.45) is 9.41. The zero-order valence-corrected chi connectivity index (χ0v) is 24.1. The summed E-state index contributed by atoms with van der Waals surface area (Å²) in [5, 5.41) is 12.3. The van der Waals surface area contributed by atoms with E-state index in [2.05, 4.69) is 92.5 Å². The Bertz CT molecular complexity index is 2400. The number of nitrogens with zero attached hydrogens (tertiary/aromatic N) is 7. The Balaban J connectivity index is 1.37. The van der Waals surface area contributed by atoms with Gasteiger partial charge in [-0.15, -0.1) is 11.3 Å². The monoisotopic (exact) mass is 585 g/mol. The maximum Gasteiger partial charge on any atom is 0.126 e. The molecule has 0 unspecified atom stereocenters. The van der Waals surface area contributed by atoms with Gasteiger partial charge in [0.25, 0.3) is 0 Å². The topological polar surface area (TPSA) is 66.3 Å². The third kappa shape index (κ3) is 3.96. The molecule has 0 N–H and O–H groups in total. The summed E-state index contributed by atoms with van der Waals surface area (Å²) >= 11 is 1.70. The highest BCUT2D eigenvalue weighted by Crippen LogP contribution is 2.41. The number of para-hydroxylation sites is 1. The molecule has 0 radical (unpaired) electrons. The van der Waals surface area contributed by atoms with E-state index in [-0.39, 0.29) is 0 Å². The molecule has 4 aromatic carbocycles. The highest BCUT2D eigenvalue weighted by Gasteiger charge is 2.20. The first kappa shape index (κ1) is 24.7. The molecule has 5 aromatic heterocycles. The molecule has 7 nitrogen and oxygen atoms in total. The molecule has 0 aliphatic rings. The van der Waals surface area contributed by atoms with E-state index in [1.165, 1.54) is 0 Å². The second kappa shape index (κ2) is 9.86. The lowest BCUT2D eigenvalue weighted by atomic mass is 10.1. The molecule has 0 bridgehead atoms. The Morgan fingerprint density at radius 2 is 1.43 bits per heavy atom. The Morgan fingerprint density at radius 3 is 2.25 bits per heavy atom. The van der Waals surface area contributed by atoms with Gasteiger partial charge in [0.1, 0.15) is 5.01 Å². The van der Waals surface area contributed by atoms with Crippen LogP contribution in [0.15, 0.2) is 140 Å². The molecule has 9 aromatic rings. The molecule has 9 rings (SSSR count). The maximum atomic E-state index is 5.07. The third-order valence-corrected chi connectivity index (χ3v) is 9.05. The number of benzene rings is 4. The predicted octanol–water partition coefficient (Wildman–Crippen LogP) is 8.49. The van der Waals surface area contributed by atoms with Gasteiger partial charge in [-0.05, 0) is 78.9 Å². The van der Waals surface area contributed by atoms with Crippen LogP contribution in [-0.2, 0) is 0 Å². The number of pyridine rings is 1. The molecule has 0 saturated heterocycles. The minimum Gasteiger partial charge on any atom is -0.309 e. The number of fused-ring (bicyclic) bond motifs is 4. The van der Waals surface area contributed by atoms with Crippen molar-refractivity contribution in [3.63, 3.8) is 0 Å². The van der Waals surface area contributed by atoms with Gasteiger partial charge in [0, 0.05) is 58.6 Å². The summed E-state index contributed by atoms with van der Waals surface area (Å²) in [5.74, 6) is 0. The van der Waals surface area contributed by atoms with Crippen molar-refractivity contribution in [1.29, 1.82) is 0 Å². The van der Waals surface area contributed by atoms with Crippen LogP contribution in [0, 0.1) is 0 Å². The van der Waals surface area contributed by atoms with Crippen LogP contribution in [-0.4, -0.2) is 34.1 Å². The van der Waals surface area contributed by atoms with E-state index in [1.807, 2.05) is 70.5 Å². The zero-order valence-electron chi connectivity index (χ0n) is 23.3. The zero-order chi connectivity index (χ0) is 29.0. The standard InChI is InChI=1S/C36H23N7S/c1-2-12-35-31(11-1)40-36(44-35)29-23-34-28(22-33(29)42-19-7-17-39-42)27-21-25(41-18-6-16-38-41)13-14-32(27)43(34)26-9-5-8-24(20-26)30-10-3-4-15-37-30/h1-23H. The molecule has 0 aliphatic heterocycles. The number of thiazole rings is 1. The Kier molecular flexibility index (Phi) is 5.54. The van der Waals surface area contributed by atoms with Gasteiger partial charge in [-0.1, -0.05) is 30.3 Å². The average Bonchev–Trinajstić information content (AvgIpc) is 3.90. The maximum absolute atomic E-state index is 5.07.